The smallest absolute Gasteiger partial charge is 0.334 e. The molecule has 1 unspecified atom stereocenters. The normalized spacial score (nSPS) is 20.1. The largest absolute Gasteiger partial charge is 0.454 e. The fourth-order valence-corrected chi connectivity index (χ4v) is 2.49. The van der Waals surface area contributed by atoms with Crippen LogP contribution in [0, 0.1) is 5.92 Å². The Morgan fingerprint density at radius 1 is 1.35 bits per heavy atom. The Bertz CT molecular complexity index is 489. The topological polar surface area (TPSA) is 26.3 Å². The number of carbonyl (C=O) groups excluding carboxylic acids is 1. The van der Waals surface area contributed by atoms with Gasteiger partial charge in [-0.05, 0) is 30.5 Å². The van der Waals surface area contributed by atoms with Gasteiger partial charge in [0.05, 0.1) is 0 Å². The van der Waals surface area contributed by atoms with Crippen molar-refractivity contribution in [2.45, 2.75) is 26.9 Å². The van der Waals surface area contributed by atoms with Gasteiger partial charge < -0.3 is 4.74 Å². The van der Waals surface area contributed by atoms with Gasteiger partial charge in [-0.25, -0.2) is 4.79 Å². The number of halogens is 1. The number of benzene rings is 1. The number of hydrogen-bond donors (Lipinski definition) is 0. The van der Waals surface area contributed by atoms with E-state index < -0.39 is 0 Å². The predicted octanol–water partition coefficient (Wildman–Crippen LogP) is 3.80. The second-order valence-corrected chi connectivity index (χ2v) is 5.53. The quantitative estimate of drug-likeness (QED) is 0.776. The molecule has 1 atom stereocenters. The molecule has 0 amide bonds. The summed E-state index contributed by atoms with van der Waals surface area (Å²) in [5.41, 5.74) is 2.80. The zero-order valence-electron chi connectivity index (χ0n) is 10.2. The van der Waals surface area contributed by atoms with Crippen LogP contribution in [0.1, 0.15) is 26.3 Å². The summed E-state index contributed by atoms with van der Waals surface area (Å²) in [6.07, 6.45) is -0.128. The molecule has 2 rings (SSSR count). The number of carbonyl (C=O) groups is 1. The van der Waals surface area contributed by atoms with Crippen LogP contribution < -0.4 is 0 Å². The Morgan fingerprint density at radius 2 is 2.06 bits per heavy atom. The maximum absolute atomic E-state index is 11.7. The maximum Gasteiger partial charge on any atom is 0.334 e. The molecule has 0 saturated carbocycles. The van der Waals surface area contributed by atoms with Crippen LogP contribution in [-0.4, -0.2) is 12.1 Å². The first-order valence-corrected chi connectivity index (χ1v) is 6.47. The molecule has 1 aliphatic rings. The predicted molar refractivity (Wildman–Crippen MR) is 71.5 cm³/mol. The van der Waals surface area contributed by atoms with E-state index in [2.05, 4.69) is 29.8 Å². The van der Waals surface area contributed by atoms with Crippen molar-refractivity contribution in [3.8, 4) is 0 Å². The average Bonchev–Trinajstić information content (AvgIpc) is 2.56. The van der Waals surface area contributed by atoms with E-state index >= 15 is 0 Å². The molecule has 2 nitrogen and oxygen atoms in total. The highest BCUT2D eigenvalue weighted by molar-refractivity contribution is 9.10. The molecule has 0 saturated heterocycles. The van der Waals surface area contributed by atoms with Gasteiger partial charge >= 0.3 is 5.97 Å². The lowest BCUT2D eigenvalue weighted by Crippen LogP contribution is -2.18. The van der Waals surface area contributed by atoms with Crippen molar-refractivity contribution >= 4 is 27.5 Å². The molecule has 0 spiro atoms. The van der Waals surface area contributed by atoms with Gasteiger partial charge in [0, 0.05) is 15.6 Å². The Balaban J connectivity index is 2.50. The van der Waals surface area contributed by atoms with Crippen molar-refractivity contribution in [2.24, 2.45) is 5.92 Å². The number of esters is 1. The lowest BCUT2D eigenvalue weighted by molar-refractivity contribution is -0.140. The van der Waals surface area contributed by atoms with Gasteiger partial charge in [-0.1, -0.05) is 41.9 Å². The van der Waals surface area contributed by atoms with Crippen molar-refractivity contribution in [3.63, 3.8) is 0 Å². The molecule has 1 aliphatic heterocycles. The molecule has 1 heterocycles. The molecule has 0 radical (unpaired) electrons. The number of cyclic esters (lactones) is 1. The van der Waals surface area contributed by atoms with E-state index in [1.165, 1.54) is 0 Å². The van der Waals surface area contributed by atoms with Crippen molar-refractivity contribution in [1.29, 1.82) is 0 Å². The fourth-order valence-electron chi connectivity index (χ4n) is 2.09. The van der Waals surface area contributed by atoms with E-state index in [0.717, 1.165) is 21.2 Å². The summed E-state index contributed by atoms with van der Waals surface area (Å²) >= 11 is 3.45. The van der Waals surface area contributed by atoms with Crippen LogP contribution in [0.3, 0.4) is 0 Å². The highest BCUT2D eigenvalue weighted by Crippen LogP contribution is 2.35. The van der Waals surface area contributed by atoms with Crippen LogP contribution in [0.25, 0.3) is 5.57 Å². The summed E-state index contributed by atoms with van der Waals surface area (Å²) in [5, 5.41) is 0. The molecule has 3 heteroatoms. The van der Waals surface area contributed by atoms with Gasteiger partial charge in [0.2, 0.25) is 0 Å². The summed E-state index contributed by atoms with van der Waals surface area (Å²) in [6, 6.07) is 7.98. The number of ether oxygens (including phenoxy) is 1. The number of rotatable bonds is 2. The first kappa shape index (κ1) is 12.4. The minimum absolute atomic E-state index is 0.128. The van der Waals surface area contributed by atoms with Crippen LogP contribution in [0.5, 0.6) is 0 Å². The Morgan fingerprint density at radius 3 is 2.65 bits per heavy atom. The molecule has 0 aromatic heterocycles. The molecule has 0 fully saturated rings. The third-order valence-electron chi connectivity index (χ3n) is 2.97. The highest BCUT2D eigenvalue weighted by Gasteiger charge is 2.34. The third kappa shape index (κ3) is 2.29. The Hall–Kier alpha value is -1.09. The van der Waals surface area contributed by atoms with Crippen LogP contribution in [0.15, 0.2) is 34.3 Å². The van der Waals surface area contributed by atoms with E-state index in [0.29, 0.717) is 0 Å². The Kier molecular flexibility index (Phi) is 3.38. The SMILES string of the molecule is CC1=C(c2cccc(Br)c2)C(C(C)C)OC1=O. The molecular formula is C14H15BrO2. The summed E-state index contributed by atoms with van der Waals surface area (Å²) in [7, 11) is 0. The van der Waals surface area contributed by atoms with E-state index in [-0.39, 0.29) is 18.0 Å². The fraction of sp³-hybridized carbons (Fsp3) is 0.357. The minimum atomic E-state index is -0.196. The molecule has 0 N–H and O–H groups in total. The standard InChI is InChI=1S/C14H15BrO2/c1-8(2)13-12(9(3)14(16)17-13)10-5-4-6-11(15)7-10/h4-8,13H,1-3H3. The summed E-state index contributed by atoms with van der Waals surface area (Å²) in [4.78, 5) is 11.7. The zero-order chi connectivity index (χ0) is 12.6. The molecule has 90 valence electrons. The maximum atomic E-state index is 11.7. The lowest BCUT2D eigenvalue weighted by Gasteiger charge is -2.18. The highest BCUT2D eigenvalue weighted by atomic mass is 79.9. The van der Waals surface area contributed by atoms with Crippen molar-refractivity contribution in [3.05, 3.63) is 39.9 Å². The Labute approximate surface area is 110 Å². The second-order valence-electron chi connectivity index (χ2n) is 4.62. The van der Waals surface area contributed by atoms with Crippen LogP contribution >= 0.6 is 15.9 Å². The van der Waals surface area contributed by atoms with Gasteiger partial charge in [0.1, 0.15) is 6.10 Å². The monoisotopic (exact) mass is 294 g/mol. The van der Waals surface area contributed by atoms with Gasteiger partial charge in [0.25, 0.3) is 0 Å². The third-order valence-corrected chi connectivity index (χ3v) is 3.46. The van der Waals surface area contributed by atoms with Crippen molar-refractivity contribution < 1.29 is 9.53 Å². The van der Waals surface area contributed by atoms with Crippen LogP contribution in [0.2, 0.25) is 0 Å². The van der Waals surface area contributed by atoms with E-state index in [1.807, 2.05) is 31.2 Å². The van der Waals surface area contributed by atoms with E-state index in [4.69, 9.17) is 4.74 Å². The average molecular weight is 295 g/mol. The van der Waals surface area contributed by atoms with Gasteiger partial charge in [-0.2, -0.15) is 0 Å². The lowest BCUT2D eigenvalue weighted by atomic mass is 9.91. The molecular weight excluding hydrogens is 280 g/mol. The summed E-state index contributed by atoms with van der Waals surface area (Å²) < 4.78 is 6.42. The molecule has 17 heavy (non-hydrogen) atoms. The number of hydrogen-bond acceptors (Lipinski definition) is 2. The van der Waals surface area contributed by atoms with Gasteiger partial charge in [-0.15, -0.1) is 0 Å². The zero-order valence-corrected chi connectivity index (χ0v) is 11.7. The van der Waals surface area contributed by atoms with Crippen LogP contribution in [0.4, 0.5) is 0 Å². The molecule has 0 bridgehead atoms. The van der Waals surface area contributed by atoms with Gasteiger partial charge in [0.15, 0.2) is 0 Å². The second kappa shape index (κ2) is 4.65. The molecule has 0 aliphatic carbocycles. The van der Waals surface area contributed by atoms with Crippen molar-refractivity contribution in [2.75, 3.05) is 0 Å². The van der Waals surface area contributed by atoms with Gasteiger partial charge in [-0.3, -0.25) is 0 Å². The van der Waals surface area contributed by atoms with E-state index in [1.54, 1.807) is 0 Å². The summed E-state index contributed by atoms with van der Waals surface area (Å²) in [5.74, 6) is 0.0871. The molecule has 1 aromatic carbocycles. The molecule has 1 aromatic rings. The summed E-state index contributed by atoms with van der Waals surface area (Å²) in [6.45, 7) is 5.96. The minimum Gasteiger partial charge on any atom is -0.454 e. The van der Waals surface area contributed by atoms with Crippen LogP contribution in [-0.2, 0) is 9.53 Å². The first-order chi connectivity index (χ1) is 8.00. The van der Waals surface area contributed by atoms with Crippen molar-refractivity contribution in [1.82, 2.24) is 0 Å². The first-order valence-electron chi connectivity index (χ1n) is 5.68. The van der Waals surface area contributed by atoms with E-state index in [9.17, 15) is 4.79 Å².